The first-order valence-corrected chi connectivity index (χ1v) is 7.58. The van der Waals surface area contributed by atoms with E-state index in [0.29, 0.717) is 0 Å². The summed E-state index contributed by atoms with van der Waals surface area (Å²) in [7, 11) is 0. The molecule has 1 heterocycles. The normalized spacial score (nSPS) is 11.2. The van der Waals surface area contributed by atoms with Crippen LogP contribution in [0, 0.1) is 0 Å². The van der Waals surface area contributed by atoms with Gasteiger partial charge in [0.2, 0.25) is 0 Å². The van der Waals surface area contributed by atoms with Crippen LogP contribution in [0.3, 0.4) is 0 Å². The maximum absolute atomic E-state index is 5.64. The topological polar surface area (TPSA) is 38.1 Å². The molecule has 1 N–H and O–H groups in total. The lowest BCUT2D eigenvalue weighted by atomic mass is 10.2. The minimum absolute atomic E-state index is 0.770. The van der Waals surface area contributed by atoms with Gasteiger partial charge in [0, 0.05) is 12.3 Å². The molecule has 2 aromatic rings. The smallest absolute Gasteiger partial charge is 0.256 e. The zero-order chi connectivity index (χ0) is 12.6. The van der Waals surface area contributed by atoms with E-state index in [0.717, 1.165) is 35.2 Å². The summed E-state index contributed by atoms with van der Waals surface area (Å²) in [6, 6.07) is 7.88. The lowest BCUT2D eigenvalue weighted by molar-refractivity contribution is 0.489. The van der Waals surface area contributed by atoms with Crippen molar-refractivity contribution in [3.05, 3.63) is 24.3 Å². The Morgan fingerprint density at radius 1 is 1.22 bits per heavy atom. The van der Waals surface area contributed by atoms with E-state index in [4.69, 9.17) is 4.42 Å². The van der Waals surface area contributed by atoms with E-state index in [2.05, 4.69) is 17.2 Å². The molecule has 0 radical (unpaired) electrons. The van der Waals surface area contributed by atoms with Gasteiger partial charge in [0.05, 0.1) is 0 Å². The van der Waals surface area contributed by atoms with Gasteiger partial charge in [-0.2, -0.15) is 0 Å². The van der Waals surface area contributed by atoms with Crippen molar-refractivity contribution in [2.75, 3.05) is 18.8 Å². The Morgan fingerprint density at radius 3 is 2.94 bits per heavy atom. The summed E-state index contributed by atoms with van der Waals surface area (Å²) in [6.07, 6.45) is 3.86. The van der Waals surface area contributed by atoms with Crippen molar-refractivity contribution in [2.45, 2.75) is 31.4 Å². The summed E-state index contributed by atoms with van der Waals surface area (Å²) in [4.78, 5) is 4.43. The molecule has 4 heteroatoms. The molecule has 0 aliphatic heterocycles. The second-order valence-electron chi connectivity index (χ2n) is 4.25. The van der Waals surface area contributed by atoms with E-state index in [1.165, 1.54) is 19.3 Å². The minimum atomic E-state index is 0.770. The standard InChI is InChI=1S/C14H20N2OS/c1-2-3-6-9-15-10-11-18-14-16-12-7-4-5-8-13(12)17-14/h4-5,7-8,15H,2-3,6,9-11H2,1H3. The van der Waals surface area contributed by atoms with Gasteiger partial charge in [-0.05, 0) is 25.1 Å². The summed E-state index contributed by atoms with van der Waals surface area (Å²) in [6.45, 7) is 4.35. The number of para-hydroxylation sites is 2. The van der Waals surface area contributed by atoms with Crippen LogP contribution in [0.15, 0.2) is 33.9 Å². The summed E-state index contributed by atoms with van der Waals surface area (Å²) in [5.74, 6) is 0.999. The minimum Gasteiger partial charge on any atom is -0.431 e. The lowest BCUT2D eigenvalue weighted by Crippen LogP contribution is -2.18. The Kier molecular flexibility index (Phi) is 5.55. The van der Waals surface area contributed by atoms with Gasteiger partial charge in [-0.25, -0.2) is 4.98 Å². The van der Waals surface area contributed by atoms with Crippen LogP contribution < -0.4 is 5.32 Å². The Labute approximate surface area is 112 Å². The van der Waals surface area contributed by atoms with Crippen LogP contribution in [-0.2, 0) is 0 Å². The Bertz CT molecular complexity index is 437. The average Bonchev–Trinajstić information content (AvgIpc) is 2.80. The molecule has 0 amide bonds. The molecule has 0 fully saturated rings. The van der Waals surface area contributed by atoms with Gasteiger partial charge in [-0.15, -0.1) is 0 Å². The van der Waals surface area contributed by atoms with Crippen molar-refractivity contribution in [3.63, 3.8) is 0 Å². The number of thioether (sulfide) groups is 1. The molecule has 2 rings (SSSR count). The van der Waals surface area contributed by atoms with E-state index in [1.54, 1.807) is 11.8 Å². The van der Waals surface area contributed by atoms with Gasteiger partial charge < -0.3 is 9.73 Å². The SMILES string of the molecule is CCCCCNCCSc1nc2ccccc2o1. The van der Waals surface area contributed by atoms with Crippen LogP contribution in [0.1, 0.15) is 26.2 Å². The monoisotopic (exact) mass is 264 g/mol. The van der Waals surface area contributed by atoms with E-state index in [-0.39, 0.29) is 0 Å². The highest BCUT2D eigenvalue weighted by atomic mass is 32.2. The van der Waals surface area contributed by atoms with Crippen molar-refractivity contribution >= 4 is 22.9 Å². The number of hydrogen-bond acceptors (Lipinski definition) is 4. The fraction of sp³-hybridized carbons (Fsp3) is 0.500. The van der Waals surface area contributed by atoms with Crippen LogP contribution >= 0.6 is 11.8 Å². The van der Waals surface area contributed by atoms with Gasteiger partial charge in [-0.3, -0.25) is 0 Å². The molecule has 3 nitrogen and oxygen atoms in total. The number of hydrogen-bond donors (Lipinski definition) is 1. The number of rotatable bonds is 8. The highest BCUT2D eigenvalue weighted by Crippen LogP contribution is 2.22. The third kappa shape index (κ3) is 4.03. The van der Waals surface area contributed by atoms with Crippen LogP contribution in [-0.4, -0.2) is 23.8 Å². The number of oxazole rings is 1. The number of nitrogens with zero attached hydrogens (tertiary/aromatic N) is 1. The largest absolute Gasteiger partial charge is 0.431 e. The van der Waals surface area contributed by atoms with E-state index in [9.17, 15) is 0 Å². The molecule has 0 aliphatic carbocycles. The third-order valence-electron chi connectivity index (χ3n) is 2.74. The quantitative estimate of drug-likeness (QED) is 0.583. The molecule has 1 aromatic heterocycles. The third-order valence-corrected chi connectivity index (χ3v) is 3.57. The number of fused-ring (bicyclic) bond motifs is 1. The second-order valence-corrected chi connectivity index (χ2v) is 5.30. The van der Waals surface area contributed by atoms with Crippen LogP contribution in [0.25, 0.3) is 11.1 Å². The molecule has 0 saturated heterocycles. The fourth-order valence-electron chi connectivity index (χ4n) is 1.75. The summed E-state index contributed by atoms with van der Waals surface area (Å²) >= 11 is 1.67. The van der Waals surface area contributed by atoms with Crippen molar-refractivity contribution in [1.29, 1.82) is 0 Å². The maximum atomic E-state index is 5.64. The molecule has 0 atom stereocenters. The second kappa shape index (κ2) is 7.44. The predicted molar refractivity (Wildman–Crippen MR) is 77.1 cm³/mol. The van der Waals surface area contributed by atoms with E-state index < -0.39 is 0 Å². The van der Waals surface area contributed by atoms with Gasteiger partial charge >= 0.3 is 0 Å². The molecule has 0 aliphatic rings. The van der Waals surface area contributed by atoms with E-state index >= 15 is 0 Å². The first-order valence-electron chi connectivity index (χ1n) is 6.59. The first kappa shape index (κ1) is 13.4. The van der Waals surface area contributed by atoms with Crippen molar-refractivity contribution in [1.82, 2.24) is 10.3 Å². The van der Waals surface area contributed by atoms with Gasteiger partial charge in [0.25, 0.3) is 5.22 Å². The molecule has 0 unspecified atom stereocenters. The Balaban J connectivity index is 1.67. The van der Waals surface area contributed by atoms with E-state index in [1.807, 2.05) is 24.3 Å². The van der Waals surface area contributed by atoms with Crippen molar-refractivity contribution < 1.29 is 4.42 Å². The highest BCUT2D eigenvalue weighted by molar-refractivity contribution is 7.99. The van der Waals surface area contributed by atoms with Crippen LogP contribution in [0.4, 0.5) is 0 Å². The average molecular weight is 264 g/mol. The number of aromatic nitrogens is 1. The summed E-state index contributed by atoms with van der Waals surface area (Å²) < 4.78 is 5.64. The van der Waals surface area contributed by atoms with Gasteiger partial charge in [0.1, 0.15) is 5.52 Å². The number of unbranched alkanes of at least 4 members (excludes halogenated alkanes) is 2. The zero-order valence-electron chi connectivity index (χ0n) is 10.8. The predicted octanol–water partition coefficient (Wildman–Crippen LogP) is 3.70. The number of nitrogens with one attached hydrogen (secondary N) is 1. The molecule has 0 spiro atoms. The molecule has 98 valence electrons. The van der Waals surface area contributed by atoms with Crippen molar-refractivity contribution in [3.8, 4) is 0 Å². The Hall–Kier alpha value is -1.00. The molecular weight excluding hydrogens is 244 g/mol. The molecule has 1 aromatic carbocycles. The molecule has 18 heavy (non-hydrogen) atoms. The zero-order valence-corrected chi connectivity index (χ0v) is 11.6. The maximum Gasteiger partial charge on any atom is 0.256 e. The van der Waals surface area contributed by atoms with Crippen molar-refractivity contribution in [2.24, 2.45) is 0 Å². The summed E-state index contributed by atoms with van der Waals surface area (Å²) in [5.41, 5.74) is 1.81. The Morgan fingerprint density at radius 2 is 2.11 bits per heavy atom. The lowest BCUT2D eigenvalue weighted by Gasteiger charge is -2.01. The van der Waals surface area contributed by atoms with Gasteiger partial charge in [0.15, 0.2) is 5.58 Å². The summed E-state index contributed by atoms with van der Waals surface area (Å²) in [5, 5.41) is 4.20. The molecular formula is C14H20N2OS. The van der Waals surface area contributed by atoms with Crippen LogP contribution in [0.2, 0.25) is 0 Å². The first-order chi connectivity index (χ1) is 8.90. The van der Waals surface area contributed by atoms with Crippen LogP contribution in [0.5, 0.6) is 0 Å². The molecule has 0 bridgehead atoms. The fourth-order valence-corrected chi connectivity index (χ4v) is 2.48. The number of benzene rings is 1. The molecule has 0 saturated carbocycles. The highest BCUT2D eigenvalue weighted by Gasteiger charge is 2.04. The van der Waals surface area contributed by atoms with Gasteiger partial charge in [-0.1, -0.05) is 43.7 Å².